The van der Waals surface area contributed by atoms with E-state index in [1.807, 2.05) is 62.8 Å². The number of benzene rings is 1. The lowest BCUT2D eigenvalue weighted by molar-refractivity contribution is -0.318. The van der Waals surface area contributed by atoms with Crippen LogP contribution in [0, 0.1) is 17.8 Å². The molecule has 0 spiro atoms. The number of carbonyl (C=O) groups excluding carboxylic acids is 2. The Morgan fingerprint density at radius 1 is 0.961 bits per heavy atom. The molecule has 5 heterocycles. The first kappa shape index (κ1) is 61.5. The summed E-state index contributed by atoms with van der Waals surface area (Å²) in [6.07, 6.45) is -1.94. The molecule has 3 fully saturated rings. The summed E-state index contributed by atoms with van der Waals surface area (Å²) in [5.41, 5.74) is 4.79. The van der Waals surface area contributed by atoms with Gasteiger partial charge in [0.1, 0.15) is 35.7 Å². The maximum absolute atomic E-state index is 14.5. The number of hydrogen-bond acceptors (Lipinski definition) is 20. The number of hydrazine groups is 2. The van der Waals surface area contributed by atoms with E-state index in [0.717, 1.165) is 37.2 Å². The average molecular weight is 1070 g/mol. The molecule has 7 N–H and O–H groups in total. The van der Waals surface area contributed by atoms with Crippen molar-refractivity contribution in [3.63, 3.8) is 0 Å². The molecular formula is C55H92N8O13. The number of aryl methyl sites for hydroxylation is 2. The molecule has 21 nitrogen and oxygen atoms in total. The van der Waals surface area contributed by atoms with Gasteiger partial charge < -0.3 is 63.8 Å². The van der Waals surface area contributed by atoms with Gasteiger partial charge in [0.15, 0.2) is 18.4 Å². The highest BCUT2D eigenvalue weighted by molar-refractivity contribution is 5.93. The molecule has 3 saturated heterocycles. The van der Waals surface area contributed by atoms with Crippen LogP contribution in [0.25, 0.3) is 0 Å². The number of ketones is 1. The molecule has 0 radical (unpaired) electrons. The first-order chi connectivity index (χ1) is 35.7. The van der Waals surface area contributed by atoms with Crippen LogP contribution >= 0.6 is 0 Å². The fraction of sp³-hybridized carbons (Fsp3) is 0.782. The zero-order chi connectivity index (χ0) is 56.0. The number of nitrogens with zero attached hydrogens (tertiary/aromatic N) is 6. The zero-order valence-electron chi connectivity index (χ0n) is 47.6. The molecule has 0 aliphatic carbocycles. The van der Waals surface area contributed by atoms with Crippen LogP contribution in [0.5, 0.6) is 0 Å². The third kappa shape index (κ3) is 14.8. The zero-order valence-corrected chi connectivity index (χ0v) is 47.6. The predicted octanol–water partition coefficient (Wildman–Crippen LogP) is 3.39. The number of aromatic nitrogens is 3. The van der Waals surface area contributed by atoms with Crippen molar-refractivity contribution >= 4 is 17.4 Å². The van der Waals surface area contributed by atoms with E-state index in [2.05, 4.69) is 38.3 Å². The number of methoxy groups -OCH3 is 1. The van der Waals surface area contributed by atoms with Crippen molar-refractivity contribution in [2.24, 2.45) is 17.8 Å². The average Bonchev–Trinajstić information content (AvgIpc) is 4.06. The second kappa shape index (κ2) is 26.1. The van der Waals surface area contributed by atoms with Gasteiger partial charge in [0.2, 0.25) is 0 Å². The first-order valence-corrected chi connectivity index (χ1v) is 27.5. The highest BCUT2D eigenvalue weighted by Gasteiger charge is 2.53. The van der Waals surface area contributed by atoms with Gasteiger partial charge in [0.25, 0.3) is 0 Å². The van der Waals surface area contributed by atoms with Gasteiger partial charge in [-0.2, -0.15) is 0 Å². The second-order valence-corrected chi connectivity index (χ2v) is 23.2. The van der Waals surface area contributed by atoms with Crippen molar-refractivity contribution in [1.82, 2.24) is 35.8 Å². The number of aliphatic hydroxyl groups is 5. The lowest BCUT2D eigenvalue weighted by atomic mass is 9.77. The number of Topliss-reactive ketones (excluding diaryl/α,β-unsaturated/α-hetero) is 1. The van der Waals surface area contributed by atoms with E-state index in [1.54, 1.807) is 52.8 Å². The van der Waals surface area contributed by atoms with Crippen molar-refractivity contribution in [1.29, 1.82) is 0 Å². The Labute approximate surface area is 450 Å². The normalized spacial score (nSPS) is 38.5. The number of likely N-dealkylation sites (N-methyl/N-ethyl adjacent to an activating group) is 2. The summed E-state index contributed by atoms with van der Waals surface area (Å²) in [5, 5.41) is 70.4. The number of ether oxygens (including phenoxy) is 6. The van der Waals surface area contributed by atoms with Gasteiger partial charge in [0, 0.05) is 70.7 Å². The number of carbonyl (C=O) groups is 2. The molecule has 1 aromatic carbocycles. The summed E-state index contributed by atoms with van der Waals surface area (Å²) in [7, 11) is 5.30. The van der Waals surface area contributed by atoms with E-state index in [-0.39, 0.29) is 37.1 Å². The van der Waals surface area contributed by atoms with E-state index >= 15 is 0 Å². The van der Waals surface area contributed by atoms with E-state index < -0.39 is 102 Å². The Balaban J connectivity index is 1.16. The molecule has 0 bridgehead atoms. The van der Waals surface area contributed by atoms with Crippen LogP contribution in [-0.2, 0) is 57.4 Å². The lowest BCUT2D eigenvalue weighted by Gasteiger charge is -2.49. The SMILES string of the molecule is CC[C@H]1OC(=O)[C@H](C)[C@@H](O[C@H]2C[C@@](C)(OC)[C@@H](O)[C@H](C)O2)[C@H](C)[C@@H](O[C@@H]2O[C@H](C)C[C@H](N(C)CCc3cn(CCCCc4ccc(N5C=C(C(C)=O)NN5)cc4)nn3)[C@H]2O)[C@](C)(O)C[C@@H](C)CN(C)[C@H](C)[C@@H](O)[C@]1(C)O. The summed E-state index contributed by atoms with van der Waals surface area (Å²) in [5.74, 6) is -2.82. The molecule has 2 aromatic rings. The maximum Gasteiger partial charge on any atom is 0.311 e. The predicted molar refractivity (Wildman–Crippen MR) is 284 cm³/mol. The molecule has 4 aliphatic rings. The van der Waals surface area contributed by atoms with Gasteiger partial charge in [-0.25, -0.2) is 0 Å². The number of esters is 1. The van der Waals surface area contributed by atoms with Crippen molar-refractivity contribution in [2.45, 2.75) is 224 Å². The van der Waals surface area contributed by atoms with Gasteiger partial charge in [0.05, 0.1) is 59.1 Å². The topological polar surface area (TPSA) is 255 Å². The fourth-order valence-corrected chi connectivity index (χ4v) is 11.7. The van der Waals surface area contributed by atoms with Crippen molar-refractivity contribution in [2.75, 3.05) is 39.3 Å². The minimum atomic E-state index is -1.84. The van der Waals surface area contributed by atoms with E-state index in [9.17, 15) is 35.1 Å². The van der Waals surface area contributed by atoms with Crippen LogP contribution in [0.2, 0.25) is 0 Å². The quantitative estimate of drug-likeness (QED) is 0.0886. The Bertz CT molecular complexity index is 2220. The molecule has 0 unspecified atom stereocenters. The van der Waals surface area contributed by atoms with Crippen LogP contribution < -0.4 is 16.0 Å². The fourth-order valence-electron chi connectivity index (χ4n) is 11.7. The van der Waals surface area contributed by atoms with Gasteiger partial charge in [-0.05, 0) is 125 Å². The first-order valence-electron chi connectivity index (χ1n) is 27.5. The molecule has 430 valence electrons. The van der Waals surface area contributed by atoms with Crippen LogP contribution in [0.3, 0.4) is 0 Å². The molecule has 18 atom stereocenters. The van der Waals surface area contributed by atoms with Gasteiger partial charge in [-0.15, -0.1) is 10.6 Å². The van der Waals surface area contributed by atoms with Gasteiger partial charge in [-0.3, -0.25) is 24.7 Å². The van der Waals surface area contributed by atoms with Gasteiger partial charge >= 0.3 is 5.97 Å². The Morgan fingerprint density at radius 2 is 1.66 bits per heavy atom. The second-order valence-electron chi connectivity index (χ2n) is 23.2. The minimum absolute atomic E-state index is 0.0439. The van der Waals surface area contributed by atoms with E-state index in [0.29, 0.717) is 31.6 Å². The molecule has 1 aromatic heterocycles. The number of unbranched alkanes of at least 4 members (excludes halogenated alkanes) is 1. The van der Waals surface area contributed by atoms with Crippen molar-refractivity contribution in [3.8, 4) is 0 Å². The van der Waals surface area contributed by atoms with Crippen LogP contribution in [0.15, 0.2) is 42.4 Å². The van der Waals surface area contributed by atoms with E-state index in [4.69, 9.17) is 28.4 Å². The molecule has 0 saturated carbocycles. The Hall–Kier alpha value is -3.68. The summed E-state index contributed by atoms with van der Waals surface area (Å²) in [4.78, 5) is 30.2. The monoisotopic (exact) mass is 1070 g/mol. The van der Waals surface area contributed by atoms with Crippen LogP contribution in [0.4, 0.5) is 5.69 Å². The maximum atomic E-state index is 14.5. The van der Waals surface area contributed by atoms with Gasteiger partial charge in [-0.1, -0.05) is 38.1 Å². The highest BCUT2D eigenvalue weighted by atomic mass is 16.7. The summed E-state index contributed by atoms with van der Waals surface area (Å²) >= 11 is 0. The van der Waals surface area contributed by atoms with Crippen LogP contribution in [0.1, 0.15) is 126 Å². The number of allylic oxidation sites excluding steroid dienone is 1. The molecule has 6 rings (SSSR count). The number of aliphatic hydroxyl groups excluding tert-OH is 3. The molecular weight excluding hydrogens is 981 g/mol. The van der Waals surface area contributed by atoms with Crippen LogP contribution in [-0.4, -0.2) is 187 Å². The minimum Gasteiger partial charge on any atom is -0.459 e. The number of nitrogens with one attached hydrogen (secondary N) is 2. The number of anilines is 1. The Morgan fingerprint density at radius 3 is 2.30 bits per heavy atom. The Kier molecular flexibility index (Phi) is 21.1. The smallest absolute Gasteiger partial charge is 0.311 e. The summed E-state index contributed by atoms with van der Waals surface area (Å²) in [6.45, 7) is 20.8. The standard InChI is InChI=1S/C55H92N8O13/c1-15-44-55(11,70)48(66)36(6)61(13)29-32(2)27-53(9,69)50(34(4)47(35(5)51(68)74-44)75-45-28-54(10,71-14)49(67)38(8)73-45)76-52-46(65)43(26-33(3)72-52)60(12)25-23-40-30-62(58-56-40)24-17-16-18-39-19-21-41(22-20-39)63-31-42(37(7)64)57-59-63/h19-22,30-36,38,43-50,52,57,59,65-67,69-70H,15-18,23-29H2,1-14H3/t32-,33-,34+,35-,36-,38+,43+,44-,45+,46-,47+,48-,49+,50-,52+,53-,54-,55-/m1/s1. The summed E-state index contributed by atoms with van der Waals surface area (Å²) < 4.78 is 40.2. The number of rotatable bonds is 17. The number of hydrogen-bond donors (Lipinski definition) is 7. The van der Waals surface area contributed by atoms with Crippen molar-refractivity contribution in [3.05, 3.63) is 53.6 Å². The van der Waals surface area contributed by atoms with Crippen molar-refractivity contribution < 1.29 is 63.5 Å². The molecule has 76 heavy (non-hydrogen) atoms. The highest BCUT2D eigenvalue weighted by Crippen LogP contribution is 2.40. The molecule has 0 amide bonds. The third-order valence-corrected chi connectivity index (χ3v) is 16.7. The lowest BCUT2D eigenvalue weighted by Crippen LogP contribution is -2.61. The summed E-state index contributed by atoms with van der Waals surface area (Å²) in [6, 6.07) is 7.23. The van der Waals surface area contributed by atoms with E-state index in [1.165, 1.54) is 26.5 Å². The largest absolute Gasteiger partial charge is 0.459 e. The number of cyclic esters (lactones) is 1. The molecule has 4 aliphatic heterocycles. The molecule has 21 heteroatoms. The third-order valence-electron chi connectivity index (χ3n) is 16.7.